The number of carbonyl (C=O) groups excluding carboxylic acids is 1. The first-order valence-electron chi connectivity index (χ1n) is 10.5. The van der Waals surface area contributed by atoms with Gasteiger partial charge in [0.05, 0.1) is 4.90 Å². The van der Waals surface area contributed by atoms with Crippen LogP contribution < -0.4 is 0 Å². The Kier molecular flexibility index (Phi) is 6.45. The van der Waals surface area contributed by atoms with E-state index in [1.807, 2.05) is 43.6 Å². The third kappa shape index (κ3) is 4.89. The predicted molar refractivity (Wildman–Crippen MR) is 132 cm³/mol. The lowest BCUT2D eigenvalue weighted by Gasteiger charge is -2.06. The summed E-state index contributed by atoms with van der Waals surface area (Å²) in [6.07, 6.45) is 6.52. The number of aromatic nitrogens is 2. The Bertz CT molecular complexity index is 1400. The van der Waals surface area contributed by atoms with E-state index in [4.69, 9.17) is 0 Å². The normalized spacial score (nSPS) is 17.5. The summed E-state index contributed by atoms with van der Waals surface area (Å²) in [4.78, 5) is 21.4. The van der Waals surface area contributed by atoms with Crippen LogP contribution in [0.2, 0.25) is 0 Å². The van der Waals surface area contributed by atoms with E-state index in [2.05, 4.69) is 16.0 Å². The van der Waals surface area contributed by atoms with Gasteiger partial charge in [-0.3, -0.25) is 9.78 Å². The van der Waals surface area contributed by atoms with Crippen molar-refractivity contribution in [2.75, 3.05) is 0 Å². The van der Waals surface area contributed by atoms with Crippen molar-refractivity contribution in [3.05, 3.63) is 88.1 Å². The van der Waals surface area contributed by atoms with Gasteiger partial charge in [0.2, 0.25) is 0 Å². The Morgan fingerprint density at radius 2 is 1.91 bits per heavy atom. The number of carbonyl (C=O) groups is 1. The number of hydrogen-bond donors (Lipinski definition) is 0. The van der Waals surface area contributed by atoms with Gasteiger partial charge < -0.3 is 0 Å². The topological polar surface area (TPSA) is 77.0 Å². The molecule has 0 amide bonds. The largest absolute Gasteiger partial charge is 0.299 e. The number of fused-ring (bicyclic) bond motifs is 1. The molecule has 2 aromatic carbocycles. The molecule has 1 aliphatic carbocycles. The van der Waals surface area contributed by atoms with Gasteiger partial charge in [-0.05, 0) is 53.5 Å². The first-order chi connectivity index (χ1) is 15.4. The van der Waals surface area contributed by atoms with Crippen LogP contribution in [0.15, 0.2) is 71.3 Å². The van der Waals surface area contributed by atoms with Crippen molar-refractivity contribution < 1.29 is 13.2 Å². The SMILES string of the molecule is C.Cc1cncc2ccc(CC(=O)[C@@H]3C[C@H]3c3ccc(S(=O)(=O)Cc4nccs4)cc3)cc12. The van der Waals surface area contributed by atoms with Crippen molar-refractivity contribution in [1.82, 2.24) is 9.97 Å². The van der Waals surface area contributed by atoms with E-state index in [1.54, 1.807) is 23.7 Å². The maximum Gasteiger partial charge on any atom is 0.184 e. The van der Waals surface area contributed by atoms with Crippen LogP contribution in [0.3, 0.4) is 0 Å². The summed E-state index contributed by atoms with van der Waals surface area (Å²) in [7, 11) is -3.42. The van der Waals surface area contributed by atoms with Crippen LogP contribution in [0, 0.1) is 12.8 Å². The molecule has 33 heavy (non-hydrogen) atoms. The summed E-state index contributed by atoms with van der Waals surface area (Å²) in [6.45, 7) is 2.03. The third-order valence-electron chi connectivity index (χ3n) is 6.07. The minimum absolute atomic E-state index is 0. The highest BCUT2D eigenvalue weighted by Crippen LogP contribution is 2.48. The van der Waals surface area contributed by atoms with E-state index in [0.717, 1.165) is 33.9 Å². The van der Waals surface area contributed by atoms with Crippen molar-refractivity contribution >= 4 is 37.7 Å². The molecule has 0 saturated heterocycles. The molecule has 1 saturated carbocycles. The molecule has 0 bridgehead atoms. The number of pyridine rings is 1. The number of nitrogens with zero attached hydrogens (tertiary/aromatic N) is 2. The Morgan fingerprint density at radius 3 is 2.64 bits per heavy atom. The van der Waals surface area contributed by atoms with Crippen molar-refractivity contribution in [2.45, 2.75) is 43.8 Å². The molecule has 170 valence electrons. The fourth-order valence-corrected chi connectivity index (χ4v) is 6.47. The first-order valence-corrected chi connectivity index (χ1v) is 13.0. The van der Waals surface area contributed by atoms with Gasteiger partial charge in [0, 0.05) is 41.7 Å². The zero-order valence-electron chi connectivity index (χ0n) is 17.6. The summed E-state index contributed by atoms with van der Waals surface area (Å²) in [5.74, 6) is 0.323. The van der Waals surface area contributed by atoms with Gasteiger partial charge in [0.25, 0.3) is 0 Å². The van der Waals surface area contributed by atoms with E-state index in [-0.39, 0.29) is 30.8 Å². The van der Waals surface area contributed by atoms with E-state index in [0.29, 0.717) is 16.3 Å². The number of sulfone groups is 1. The van der Waals surface area contributed by atoms with Crippen LogP contribution in [-0.4, -0.2) is 24.2 Å². The molecule has 2 atom stereocenters. The molecule has 1 fully saturated rings. The molecule has 2 aromatic heterocycles. The summed E-state index contributed by atoms with van der Waals surface area (Å²) < 4.78 is 25.2. The molecule has 5 nitrogen and oxygen atoms in total. The number of thiazole rings is 1. The second-order valence-electron chi connectivity index (χ2n) is 8.36. The van der Waals surface area contributed by atoms with Crippen LogP contribution in [0.1, 0.15) is 41.5 Å². The fourth-order valence-electron chi connectivity index (χ4n) is 4.21. The maximum atomic E-state index is 12.9. The molecule has 4 aromatic rings. The Morgan fingerprint density at radius 1 is 1.12 bits per heavy atom. The average Bonchev–Trinajstić information content (AvgIpc) is 3.44. The smallest absolute Gasteiger partial charge is 0.184 e. The summed E-state index contributed by atoms with van der Waals surface area (Å²) >= 11 is 1.34. The molecule has 2 heterocycles. The molecule has 0 aliphatic heterocycles. The first kappa shape index (κ1) is 23.3. The third-order valence-corrected chi connectivity index (χ3v) is 8.68. The number of hydrogen-bond acceptors (Lipinski definition) is 6. The predicted octanol–water partition coefficient (Wildman–Crippen LogP) is 5.53. The summed E-state index contributed by atoms with van der Waals surface area (Å²) in [5.41, 5.74) is 3.15. The van der Waals surface area contributed by atoms with Crippen LogP contribution in [0.5, 0.6) is 0 Å². The van der Waals surface area contributed by atoms with Crippen LogP contribution in [0.4, 0.5) is 0 Å². The van der Waals surface area contributed by atoms with Crippen LogP contribution in [0.25, 0.3) is 10.8 Å². The number of Topliss-reactive ketones (excluding diaryl/α,β-unsaturated/α-hetero) is 1. The van der Waals surface area contributed by atoms with Gasteiger partial charge in [-0.15, -0.1) is 11.3 Å². The lowest BCUT2D eigenvalue weighted by molar-refractivity contribution is -0.119. The number of rotatable bonds is 7. The lowest BCUT2D eigenvalue weighted by Crippen LogP contribution is -2.07. The van der Waals surface area contributed by atoms with E-state index < -0.39 is 9.84 Å². The number of benzene rings is 2. The monoisotopic (exact) mass is 478 g/mol. The summed E-state index contributed by atoms with van der Waals surface area (Å²) in [5, 5.41) is 4.57. The second kappa shape index (κ2) is 9.15. The van der Waals surface area contributed by atoms with Gasteiger partial charge in [-0.25, -0.2) is 13.4 Å². The second-order valence-corrected chi connectivity index (χ2v) is 11.3. The van der Waals surface area contributed by atoms with Crippen LogP contribution >= 0.6 is 11.3 Å². The highest BCUT2D eigenvalue weighted by atomic mass is 32.2. The van der Waals surface area contributed by atoms with E-state index in [1.165, 1.54) is 11.3 Å². The van der Waals surface area contributed by atoms with Crippen molar-refractivity contribution in [3.8, 4) is 0 Å². The molecule has 0 N–H and O–H groups in total. The Balaban J connectivity index is 0.00000259. The molecule has 0 unspecified atom stereocenters. The van der Waals surface area contributed by atoms with Gasteiger partial charge >= 0.3 is 0 Å². The molecule has 0 radical (unpaired) electrons. The Labute approximate surface area is 198 Å². The molecule has 5 rings (SSSR count). The lowest BCUT2D eigenvalue weighted by atomic mass is 9.99. The van der Waals surface area contributed by atoms with E-state index >= 15 is 0 Å². The minimum atomic E-state index is -3.42. The van der Waals surface area contributed by atoms with Crippen molar-refractivity contribution in [2.24, 2.45) is 5.92 Å². The van der Waals surface area contributed by atoms with Gasteiger partial charge in [-0.1, -0.05) is 37.8 Å². The molecule has 0 spiro atoms. The molecule has 7 heteroatoms. The average molecular weight is 479 g/mol. The number of ketones is 1. The quantitative estimate of drug-likeness (QED) is 0.349. The highest BCUT2D eigenvalue weighted by Gasteiger charge is 2.43. The van der Waals surface area contributed by atoms with E-state index in [9.17, 15) is 13.2 Å². The van der Waals surface area contributed by atoms with Gasteiger partial charge in [0.1, 0.15) is 16.5 Å². The molecule has 1 aliphatic rings. The highest BCUT2D eigenvalue weighted by molar-refractivity contribution is 7.90. The standard InChI is InChI=1S/C25H22N2O3S2.CH4/c1-16-13-26-14-19-3-2-17(10-21(16)19)11-24(28)23-12-22(23)18-4-6-20(7-5-18)32(29,30)15-25-27-8-9-31-25;/h2-10,13-14,22-23H,11-12,15H2,1H3;1H4/t22-,23+;/m0./s1. The van der Waals surface area contributed by atoms with Crippen LogP contribution in [-0.2, 0) is 26.8 Å². The fraction of sp³-hybridized carbons (Fsp3) is 0.269. The van der Waals surface area contributed by atoms with Gasteiger partial charge in [0.15, 0.2) is 9.84 Å². The number of aryl methyl sites for hydroxylation is 1. The van der Waals surface area contributed by atoms with Gasteiger partial charge in [-0.2, -0.15) is 0 Å². The minimum Gasteiger partial charge on any atom is -0.299 e. The van der Waals surface area contributed by atoms with Crippen molar-refractivity contribution in [3.63, 3.8) is 0 Å². The molecular weight excluding hydrogens is 452 g/mol. The zero-order valence-corrected chi connectivity index (χ0v) is 19.2. The molecular formula is C26H26N2O3S2. The zero-order chi connectivity index (χ0) is 22.3. The van der Waals surface area contributed by atoms with Crippen molar-refractivity contribution in [1.29, 1.82) is 0 Å². The maximum absolute atomic E-state index is 12.9. The summed E-state index contributed by atoms with van der Waals surface area (Å²) in [6, 6.07) is 13.1. The Hall–Kier alpha value is -2.90.